The van der Waals surface area contributed by atoms with Gasteiger partial charge in [-0.15, -0.1) is 0 Å². The van der Waals surface area contributed by atoms with Crippen LogP contribution in [-0.4, -0.2) is 36.1 Å². The summed E-state index contributed by atoms with van der Waals surface area (Å²) in [6, 6.07) is 1.95. The van der Waals surface area contributed by atoms with Crippen molar-refractivity contribution in [3.05, 3.63) is 0 Å². The van der Waals surface area contributed by atoms with Crippen molar-refractivity contribution < 1.29 is 0 Å². The third-order valence-corrected chi connectivity index (χ3v) is 4.75. The van der Waals surface area contributed by atoms with Gasteiger partial charge in [0.25, 0.3) is 0 Å². The highest BCUT2D eigenvalue weighted by Crippen LogP contribution is 2.29. The molecule has 1 N–H and O–H groups in total. The fourth-order valence-corrected chi connectivity index (χ4v) is 2.82. The number of piperazine rings is 1. The molecular formula is C16H34N2. The van der Waals surface area contributed by atoms with Crippen molar-refractivity contribution in [2.24, 2.45) is 17.3 Å². The summed E-state index contributed by atoms with van der Waals surface area (Å²) in [6.07, 6.45) is 0. The molecule has 0 spiro atoms. The lowest BCUT2D eigenvalue weighted by atomic mass is 9.83. The van der Waals surface area contributed by atoms with E-state index in [4.69, 9.17) is 0 Å². The Balaban J connectivity index is 2.85. The molecule has 2 nitrogen and oxygen atoms in total. The molecule has 0 aliphatic carbocycles. The van der Waals surface area contributed by atoms with Crippen LogP contribution in [0.3, 0.4) is 0 Å². The first-order valence-corrected chi connectivity index (χ1v) is 7.63. The Morgan fingerprint density at radius 1 is 1.00 bits per heavy atom. The van der Waals surface area contributed by atoms with Gasteiger partial charge in [0.15, 0.2) is 0 Å². The summed E-state index contributed by atoms with van der Waals surface area (Å²) in [6.45, 7) is 21.2. The van der Waals surface area contributed by atoms with E-state index in [0.717, 1.165) is 12.5 Å². The fourth-order valence-electron chi connectivity index (χ4n) is 2.82. The predicted molar refractivity (Wildman–Crippen MR) is 80.9 cm³/mol. The Labute approximate surface area is 115 Å². The van der Waals surface area contributed by atoms with Crippen LogP contribution in [0.4, 0.5) is 0 Å². The average Bonchev–Trinajstić information content (AvgIpc) is 2.25. The summed E-state index contributed by atoms with van der Waals surface area (Å²) >= 11 is 0. The van der Waals surface area contributed by atoms with E-state index >= 15 is 0 Å². The van der Waals surface area contributed by atoms with Gasteiger partial charge < -0.3 is 5.32 Å². The lowest BCUT2D eigenvalue weighted by Gasteiger charge is -2.50. The molecule has 0 aromatic heterocycles. The molecule has 1 heterocycles. The third-order valence-electron chi connectivity index (χ3n) is 4.75. The number of rotatable bonds is 3. The molecule has 3 unspecified atom stereocenters. The van der Waals surface area contributed by atoms with Crippen molar-refractivity contribution in [2.75, 3.05) is 13.1 Å². The first kappa shape index (κ1) is 16.0. The van der Waals surface area contributed by atoms with Crippen molar-refractivity contribution in [2.45, 2.75) is 73.5 Å². The molecule has 0 amide bonds. The average molecular weight is 254 g/mol. The van der Waals surface area contributed by atoms with Gasteiger partial charge in [-0.25, -0.2) is 0 Å². The van der Waals surface area contributed by atoms with Crippen LogP contribution in [0.2, 0.25) is 0 Å². The van der Waals surface area contributed by atoms with E-state index in [2.05, 4.69) is 65.6 Å². The van der Waals surface area contributed by atoms with Crippen molar-refractivity contribution in [1.82, 2.24) is 10.2 Å². The van der Waals surface area contributed by atoms with Crippen LogP contribution < -0.4 is 5.32 Å². The molecule has 1 aliphatic rings. The van der Waals surface area contributed by atoms with Crippen molar-refractivity contribution >= 4 is 0 Å². The van der Waals surface area contributed by atoms with E-state index in [1.54, 1.807) is 0 Å². The van der Waals surface area contributed by atoms with Crippen LogP contribution >= 0.6 is 0 Å². The number of hydrogen-bond donors (Lipinski definition) is 1. The Morgan fingerprint density at radius 2 is 1.56 bits per heavy atom. The highest BCUT2D eigenvalue weighted by Gasteiger charge is 2.37. The minimum Gasteiger partial charge on any atom is -0.311 e. The van der Waals surface area contributed by atoms with E-state index in [-0.39, 0.29) is 0 Å². The van der Waals surface area contributed by atoms with Gasteiger partial charge in [-0.1, -0.05) is 48.5 Å². The summed E-state index contributed by atoms with van der Waals surface area (Å²) in [5.41, 5.74) is 0.353. The third kappa shape index (κ3) is 3.71. The standard InChI is InChI=1S/C16H34N2/c1-11(2)14-10-18(13(5)16(6,7)8)15(9-17-14)12(3)4/h11-15,17H,9-10H2,1-8H3. The van der Waals surface area contributed by atoms with E-state index in [0.29, 0.717) is 29.5 Å². The Hall–Kier alpha value is -0.0800. The summed E-state index contributed by atoms with van der Waals surface area (Å²) in [4.78, 5) is 2.76. The van der Waals surface area contributed by atoms with Crippen LogP contribution in [0.25, 0.3) is 0 Å². The zero-order chi connectivity index (χ0) is 14.1. The largest absolute Gasteiger partial charge is 0.311 e. The number of nitrogens with zero attached hydrogens (tertiary/aromatic N) is 1. The van der Waals surface area contributed by atoms with Gasteiger partial charge in [-0.3, -0.25) is 4.90 Å². The first-order chi connectivity index (χ1) is 8.14. The number of hydrogen-bond acceptors (Lipinski definition) is 2. The first-order valence-electron chi connectivity index (χ1n) is 7.63. The normalized spacial score (nSPS) is 29.0. The SMILES string of the molecule is CC(C)C1CN(C(C)C(C)(C)C)C(C(C)C)CN1. The van der Waals surface area contributed by atoms with Crippen molar-refractivity contribution in [3.8, 4) is 0 Å². The highest BCUT2D eigenvalue weighted by atomic mass is 15.3. The van der Waals surface area contributed by atoms with E-state index in [1.807, 2.05) is 0 Å². The predicted octanol–water partition coefficient (Wildman–Crippen LogP) is 3.38. The molecule has 1 fully saturated rings. The zero-order valence-corrected chi connectivity index (χ0v) is 13.7. The molecular weight excluding hydrogens is 220 g/mol. The molecule has 108 valence electrons. The summed E-state index contributed by atoms with van der Waals surface area (Å²) in [5.74, 6) is 1.43. The summed E-state index contributed by atoms with van der Waals surface area (Å²) in [7, 11) is 0. The highest BCUT2D eigenvalue weighted by molar-refractivity contribution is 4.94. The van der Waals surface area contributed by atoms with Crippen LogP contribution in [0.1, 0.15) is 55.4 Å². The zero-order valence-electron chi connectivity index (χ0n) is 13.7. The molecule has 0 bridgehead atoms. The molecule has 0 aromatic carbocycles. The molecule has 3 atom stereocenters. The van der Waals surface area contributed by atoms with E-state index < -0.39 is 0 Å². The van der Waals surface area contributed by atoms with Crippen LogP contribution in [0, 0.1) is 17.3 Å². The van der Waals surface area contributed by atoms with Crippen LogP contribution in [0.5, 0.6) is 0 Å². The molecule has 0 radical (unpaired) electrons. The molecule has 0 saturated carbocycles. The second-order valence-electron chi connectivity index (χ2n) is 7.81. The minimum atomic E-state index is 0.353. The van der Waals surface area contributed by atoms with Gasteiger partial charge in [-0.2, -0.15) is 0 Å². The minimum absolute atomic E-state index is 0.353. The molecule has 1 aliphatic heterocycles. The Morgan fingerprint density at radius 3 is 1.94 bits per heavy atom. The van der Waals surface area contributed by atoms with Crippen molar-refractivity contribution in [3.63, 3.8) is 0 Å². The van der Waals surface area contributed by atoms with Gasteiger partial charge >= 0.3 is 0 Å². The van der Waals surface area contributed by atoms with Crippen molar-refractivity contribution in [1.29, 1.82) is 0 Å². The van der Waals surface area contributed by atoms with Gasteiger partial charge in [0.2, 0.25) is 0 Å². The van der Waals surface area contributed by atoms with Gasteiger partial charge in [0.05, 0.1) is 0 Å². The Kier molecular flexibility index (Phi) is 5.25. The second-order valence-corrected chi connectivity index (χ2v) is 7.81. The molecule has 1 rings (SSSR count). The summed E-state index contributed by atoms with van der Waals surface area (Å²) < 4.78 is 0. The topological polar surface area (TPSA) is 15.3 Å². The van der Waals surface area contributed by atoms with E-state index in [1.165, 1.54) is 6.54 Å². The van der Waals surface area contributed by atoms with E-state index in [9.17, 15) is 0 Å². The lowest BCUT2D eigenvalue weighted by molar-refractivity contribution is 0.00941. The van der Waals surface area contributed by atoms with Crippen LogP contribution in [0.15, 0.2) is 0 Å². The number of nitrogens with one attached hydrogen (secondary N) is 1. The Bertz CT molecular complexity index is 250. The maximum atomic E-state index is 3.74. The quantitative estimate of drug-likeness (QED) is 0.830. The lowest BCUT2D eigenvalue weighted by Crippen LogP contribution is -2.63. The molecule has 2 heteroatoms. The summed E-state index contributed by atoms with van der Waals surface area (Å²) in [5, 5.41) is 3.74. The fraction of sp³-hybridized carbons (Fsp3) is 1.00. The second kappa shape index (κ2) is 5.92. The smallest absolute Gasteiger partial charge is 0.0247 e. The molecule has 1 saturated heterocycles. The van der Waals surface area contributed by atoms with Gasteiger partial charge in [-0.05, 0) is 24.2 Å². The molecule has 0 aromatic rings. The van der Waals surface area contributed by atoms with Gasteiger partial charge in [0.1, 0.15) is 0 Å². The van der Waals surface area contributed by atoms with Gasteiger partial charge in [0, 0.05) is 31.2 Å². The maximum Gasteiger partial charge on any atom is 0.0247 e. The van der Waals surface area contributed by atoms with Crippen LogP contribution in [-0.2, 0) is 0 Å². The maximum absolute atomic E-state index is 3.74. The monoisotopic (exact) mass is 254 g/mol. The molecule has 18 heavy (non-hydrogen) atoms.